The van der Waals surface area contributed by atoms with Crippen LogP contribution in [0.3, 0.4) is 0 Å². The van der Waals surface area contributed by atoms with Crippen molar-refractivity contribution in [3.63, 3.8) is 0 Å². The van der Waals surface area contributed by atoms with Crippen molar-refractivity contribution in [2.45, 2.75) is 13.3 Å². The molecule has 136 valence electrons. The van der Waals surface area contributed by atoms with Gasteiger partial charge in [-0.25, -0.2) is 4.98 Å². The van der Waals surface area contributed by atoms with Gasteiger partial charge in [-0.15, -0.1) is 0 Å². The van der Waals surface area contributed by atoms with Gasteiger partial charge in [-0.1, -0.05) is 18.2 Å². The first-order chi connectivity index (χ1) is 12.5. The van der Waals surface area contributed by atoms with Crippen LogP contribution >= 0.6 is 0 Å². The van der Waals surface area contributed by atoms with E-state index in [9.17, 15) is 14.7 Å². The Labute approximate surface area is 150 Å². The number of benzene rings is 1. The number of fused-ring (bicyclic) bond motifs is 1. The Bertz CT molecular complexity index is 847. The Morgan fingerprint density at radius 1 is 1.35 bits per heavy atom. The van der Waals surface area contributed by atoms with Crippen molar-refractivity contribution >= 4 is 11.9 Å². The monoisotopic (exact) mass is 356 g/mol. The second-order valence-corrected chi connectivity index (χ2v) is 7.01. The molecular formula is C19H20N2O5. The van der Waals surface area contributed by atoms with Crippen LogP contribution < -0.4 is 0 Å². The van der Waals surface area contributed by atoms with Crippen LogP contribution in [0.5, 0.6) is 0 Å². The summed E-state index contributed by atoms with van der Waals surface area (Å²) in [6.07, 6.45) is 0.103. The van der Waals surface area contributed by atoms with Crippen molar-refractivity contribution in [1.82, 2.24) is 9.88 Å². The maximum absolute atomic E-state index is 12.7. The third-order valence-electron chi connectivity index (χ3n) is 5.38. The largest absolute Gasteiger partial charge is 0.481 e. The number of carbonyl (C=O) groups is 2. The number of ether oxygens (including phenoxy) is 1. The zero-order valence-corrected chi connectivity index (χ0v) is 14.5. The van der Waals surface area contributed by atoms with Crippen molar-refractivity contribution < 1.29 is 23.8 Å². The number of hydrogen-bond acceptors (Lipinski definition) is 5. The Hall–Kier alpha value is -2.67. The molecule has 3 heterocycles. The standard InChI is InChI=1S/C19H20N2O5/c1-12-15(20-17(26-12)13-5-3-2-4-6-13)7-16(22)21-8-14-9-25-11-19(14,10-21)18(23)24/h2-6,14H,7-11H2,1H3,(H,23,24)/t14-,19-/m1/s1. The van der Waals surface area contributed by atoms with Gasteiger partial charge in [0.2, 0.25) is 11.8 Å². The van der Waals surface area contributed by atoms with Crippen LogP contribution in [-0.4, -0.2) is 53.2 Å². The lowest BCUT2D eigenvalue weighted by Crippen LogP contribution is -2.40. The van der Waals surface area contributed by atoms with E-state index >= 15 is 0 Å². The predicted molar refractivity (Wildman–Crippen MR) is 91.3 cm³/mol. The molecular weight excluding hydrogens is 336 g/mol. The van der Waals surface area contributed by atoms with E-state index in [0.29, 0.717) is 30.5 Å². The van der Waals surface area contributed by atoms with Crippen LogP contribution in [0.1, 0.15) is 11.5 Å². The Balaban J connectivity index is 1.50. The average Bonchev–Trinajstić information content (AvgIpc) is 3.29. The van der Waals surface area contributed by atoms with Crippen LogP contribution in [0.2, 0.25) is 0 Å². The average molecular weight is 356 g/mol. The molecule has 0 radical (unpaired) electrons. The third-order valence-corrected chi connectivity index (χ3v) is 5.38. The van der Waals surface area contributed by atoms with E-state index in [0.717, 1.165) is 5.56 Å². The molecule has 0 bridgehead atoms. The van der Waals surface area contributed by atoms with E-state index < -0.39 is 11.4 Å². The molecule has 2 atom stereocenters. The van der Waals surface area contributed by atoms with Gasteiger partial charge in [-0.2, -0.15) is 0 Å². The highest BCUT2D eigenvalue weighted by Gasteiger charge is 2.57. The first kappa shape index (κ1) is 16.8. The number of oxazole rings is 1. The summed E-state index contributed by atoms with van der Waals surface area (Å²) in [7, 11) is 0. The number of carboxylic acids is 1. The molecule has 0 aliphatic carbocycles. The number of aliphatic carboxylic acids is 1. The molecule has 1 amide bonds. The van der Waals surface area contributed by atoms with Gasteiger partial charge in [0, 0.05) is 24.6 Å². The minimum Gasteiger partial charge on any atom is -0.481 e. The van der Waals surface area contributed by atoms with Crippen molar-refractivity contribution in [3.05, 3.63) is 41.8 Å². The fourth-order valence-electron chi connectivity index (χ4n) is 3.78. The summed E-state index contributed by atoms with van der Waals surface area (Å²) in [5.41, 5.74) is 0.475. The highest BCUT2D eigenvalue weighted by molar-refractivity contribution is 5.82. The minimum absolute atomic E-state index is 0.103. The van der Waals surface area contributed by atoms with Gasteiger partial charge in [0.05, 0.1) is 25.3 Å². The van der Waals surface area contributed by atoms with Crippen LogP contribution in [0.25, 0.3) is 11.5 Å². The molecule has 7 nitrogen and oxygen atoms in total. The molecule has 1 N–H and O–H groups in total. The number of aromatic nitrogens is 1. The molecule has 2 aromatic rings. The number of nitrogens with zero attached hydrogens (tertiary/aromatic N) is 2. The smallest absolute Gasteiger partial charge is 0.314 e. The minimum atomic E-state index is -0.969. The van der Waals surface area contributed by atoms with Crippen LogP contribution in [-0.2, 0) is 20.7 Å². The van der Waals surface area contributed by atoms with E-state index in [2.05, 4.69) is 4.98 Å². The molecule has 1 aromatic carbocycles. The van der Waals surface area contributed by atoms with Crippen molar-refractivity contribution in [1.29, 1.82) is 0 Å². The number of aryl methyl sites for hydroxylation is 1. The maximum Gasteiger partial charge on any atom is 0.314 e. The lowest BCUT2D eigenvalue weighted by Gasteiger charge is -2.21. The van der Waals surface area contributed by atoms with Gasteiger partial charge < -0.3 is 19.2 Å². The molecule has 2 fully saturated rings. The number of likely N-dealkylation sites (tertiary alicyclic amines) is 1. The molecule has 4 rings (SSSR count). The first-order valence-corrected chi connectivity index (χ1v) is 8.60. The summed E-state index contributed by atoms with van der Waals surface area (Å²) in [5.74, 6) is -0.0787. The fraction of sp³-hybridized carbons (Fsp3) is 0.421. The predicted octanol–water partition coefficient (Wildman–Crippen LogP) is 1.75. The molecule has 2 saturated heterocycles. The zero-order valence-electron chi connectivity index (χ0n) is 14.5. The SMILES string of the molecule is Cc1oc(-c2ccccc2)nc1CC(=O)N1C[C@@H]2COC[C@]2(C(=O)O)C1. The Morgan fingerprint density at radius 2 is 2.12 bits per heavy atom. The van der Waals surface area contributed by atoms with Gasteiger partial charge in [-0.3, -0.25) is 9.59 Å². The number of hydrogen-bond donors (Lipinski definition) is 1. The van der Waals surface area contributed by atoms with E-state index in [-0.39, 0.29) is 31.4 Å². The molecule has 0 saturated carbocycles. The highest BCUT2D eigenvalue weighted by Crippen LogP contribution is 2.41. The quantitative estimate of drug-likeness (QED) is 0.897. The van der Waals surface area contributed by atoms with Crippen molar-refractivity contribution in [2.24, 2.45) is 11.3 Å². The Morgan fingerprint density at radius 3 is 2.81 bits per heavy atom. The molecule has 1 aromatic heterocycles. The zero-order chi connectivity index (χ0) is 18.3. The van der Waals surface area contributed by atoms with E-state index in [1.54, 1.807) is 11.8 Å². The van der Waals surface area contributed by atoms with Crippen molar-refractivity contribution in [2.75, 3.05) is 26.3 Å². The summed E-state index contributed by atoms with van der Waals surface area (Å²) >= 11 is 0. The lowest BCUT2D eigenvalue weighted by atomic mass is 9.81. The van der Waals surface area contributed by atoms with Crippen molar-refractivity contribution in [3.8, 4) is 11.5 Å². The maximum atomic E-state index is 12.7. The second-order valence-electron chi connectivity index (χ2n) is 7.01. The first-order valence-electron chi connectivity index (χ1n) is 8.60. The van der Waals surface area contributed by atoms with Gasteiger partial charge in [0.15, 0.2) is 0 Å². The topological polar surface area (TPSA) is 92.9 Å². The summed E-state index contributed by atoms with van der Waals surface area (Å²) < 4.78 is 11.0. The van der Waals surface area contributed by atoms with Crippen LogP contribution in [0, 0.1) is 18.3 Å². The fourth-order valence-corrected chi connectivity index (χ4v) is 3.78. The third kappa shape index (κ3) is 2.68. The van der Waals surface area contributed by atoms with Gasteiger partial charge >= 0.3 is 5.97 Å². The molecule has 0 spiro atoms. The van der Waals surface area contributed by atoms with Gasteiger partial charge in [0.25, 0.3) is 0 Å². The van der Waals surface area contributed by atoms with E-state index in [1.165, 1.54) is 0 Å². The van der Waals surface area contributed by atoms with Gasteiger partial charge in [-0.05, 0) is 19.1 Å². The van der Waals surface area contributed by atoms with E-state index in [4.69, 9.17) is 9.15 Å². The molecule has 2 aliphatic rings. The summed E-state index contributed by atoms with van der Waals surface area (Å²) in [6, 6.07) is 9.51. The number of carbonyl (C=O) groups excluding carboxylic acids is 1. The molecule has 26 heavy (non-hydrogen) atoms. The van der Waals surface area contributed by atoms with E-state index in [1.807, 2.05) is 30.3 Å². The summed E-state index contributed by atoms with van der Waals surface area (Å²) in [4.78, 5) is 30.5. The number of carboxylic acid groups (broad SMARTS) is 1. The summed E-state index contributed by atoms with van der Waals surface area (Å²) in [5, 5.41) is 9.59. The summed E-state index contributed by atoms with van der Waals surface area (Å²) in [6.45, 7) is 2.93. The number of amides is 1. The second kappa shape index (κ2) is 6.25. The molecule has 0 unspecified atom stereocenters. The molecule has 7 heteroatoms. The number of rotatable bonds is 4. The highest BCUT2D eigenvalue weighted by atomic mass is 16.5. The normalized spacial score (nSPS) is 24.7. The molecule has 2 aliphatic heterocycles. The van der Waals surface area contributed by atoms with Crippen LogP contribution in [0.4, 0.5) is 0 Å². The lowest BCUT2D eigenvalue weighted by molar-refractivity contribution is -0.149. The van der Waals surface area contributed by atoms with Gasteiger partial charge in [0.1, 0.15) is 11.2 Å². The van der Waals surface area contributed by atoms with Crippen LogP contribution in [0.15, 0.2) is 34.7 Å². The Kier molecular flexibility index (Phi) is 4.03.